The Kier molecular flexibility index (Phi) is 3.58. The highest BCUT2D eigenvalue weighted by molar-refractivity contribution is 7.71. The van der Waals surface area contributed by atoms with E-state index in [9.17, 15) is 0 Å². The average molecular weight is 335 g/mol. The number of hydrogen-bond acceptors (Lipinski definition) is 3. The van der Waals surface area contributed by atoms with E-state index in [4.69, 9.17) is 16.6 Å². The predicted molar refractivity (Wildman–Crippen MR) is 97.6 cm³/mol. The van der Waals surface area contributed by atoms with Crippen LogP contribution < -0.4 is 0 Å². The van der Waals surface area contributed by atoms with Crippen LogP contribution in [0.5, 0.6) is 0 Å². The minimum Gasteiger partial charge on any atom is -0.408 e. The van der Waals surface area contributed by atoms with Gasteiger partial charge in [-0.3, -0.25) is 0 Å². The summed E-state index contributed by atoms with van der Waals surface area (Å²) in [6.45, 7) is 4.76. The predicted octanol–water partition coefficient (Wildman–Crippen LogP) is 5.02. The SMILES string of the molecule is Cc1ccc2[nH]c(-c3nn(Cc4ccccc4)c(=S)o3)c(C)c2c1. The van der Waals surface area contributed by atoms with Crippen molar-refractivity contribution in [2.24, 2.45) is 0 Å². The van der Waals surface area contributed by atoms with Crippen molar-refractivity contribution in [1.82, 2.24) is 14.8 Å². The van der Waals surface area contributed by atoms with Gasteiger partial charge in [0, 0.05) is 10.9 Å². The van der Waals surface area contributed by atoms with Crippen LogP contribution in [0.1, 0.15) is 16.7 Å². The molecule has 0 saturated heterocycles. The second-order valence-corrected chi connectivity index (χ2v) is 6.34. The zero-order valence-electron chi connectivity index (χ0n) is 13.5. The van der Waals surface area contributed by atoms with Crippen molar-refractivity contribution >= 4 is 23.1 Å². The number of rotatable bonds is 3. The molecule has 5 heteroatoms. The highest BCUT2D eigenvalue weighted by atomic mass is 32.1. The molecule has 120 valence electrons. The van der Waals surface area contributed by atoms with Gasteiger partial charge in [0.1, 0.15) is 5.69 Å². The van der Waals surface area contributed by atoms with Crippen LogP contribution >= 0.6 is 12.2 Å². The molecular weight excluding hydrogens is 318 g/mol. The Morgan fingerprint density at radius 2 is 1.92 bits per heavy atom. The van der Waals surface area contributed by atoms with Gasteiger partial charge in [-0.05, 0) is 49.3 Å². The van der Waals surface area contributed by atoms with Crippen molar-refractivity contribution in [1.29, 1.82) is 0 Å². The highest BCUT2D eigenvalue weighted by Gasteiger charge is 2.15. The number of fused-ring (bicyclic) bond motifs is 1. The van der Waals surface area contributed by atoms with Gasteiger partial charge < -0.3 is 9.40 Å². The maximum absolute atomic E-state index is 5.75. The molecule has 2 aromatic carbocycles. The highest BCUT2D eigenvalue weighted by Crippen LogP contribution is 2.29. The topological polar surface area (TPSA) is 46.8 Å². The third-order valence-corrected chi connectivity index (χ3v) is 4.50. The molecule has 4 aromatic rings. The summed E-state index contributed by atoms with van der Waals surface area (Å²) < 4.78 is 7.47. The van der Waals surface area contributed by atoms with Crippen LogP contribution in [0.3, 0.4) is 0 Å². The maximum Gasteiger partial charge on any atom is 0.287 e. The number of aromatic amines is 1. The monoisotopic (exact) mass is 335 g/mol. The zero-order chi connectivity index (χ0) is 16.7. The van der Waals surface area contributed by atoms with Crippen LogP contribution in [0.25, 0.3) is 22.5 Å². The van der Waals surface area contributed by atoms with Gasteiger partial charge in [-0.25, -0.2) is 4.68 Å². The van der Waals surface area contributed by atoms with Gasteiger partial charge in [0.2, 0.25) is 0 Å². The molecule has 2 heterocycles. The Labute approximate surface area is 144 Å². The molecule has 0 spiro atoms. The summed E-state index contributed by atoms with van der Waals surface area (Å²) in [6.07, 6.45) is 0. The molecule has 0 fully saturated rings. The smallest absolute Gasteiger partial charge is 0.287 e. The lowest BCUT2D eigenvalue weighted by Gasteiger charge is -1.99. The van der Waals surface area contributed by atoms with Crippen LogP contribution in [0, 0.1) is 18.7 Å². The molecule has 0 radical (unpaired) electrons. The summed E-state index contributed by atoms with van der Waals surface area (Å²) in [6, 6.07) is 16.4. The molecule has 0 atom stereocenters. The summed E-state index contributed by atoms with van der Waals surface area (Å²) in [7, 11) is 0. The van der Waals surface area contributed by atoms with Gasteiger partial charge >= 0.3 is 0 Å². The molecule has 4 rings (SSSR count). The van der Waals surface area contributed by atoms with Crippen LogP contribution in [-0.4, -0.2) is 14.8 Å². The Morgan fingerprint density at radius 3 is 2.71 bits per heavy atom. The van der Waals surface area contributed by atoms with Gasteiger partial charge in [0.15, 0.2) is 0 Å². The van der Waals surface area contributed by atoms with Crippen LogP contribution in [0.4, 0.5) is 0 Å². The first-order chi connectivity index (χ1) is 11.6. The number of H-pyrrole nitrogens is 1. The Hall–Kier alpha value is -2.66. The van der Waals surface area contributed by atoms with E-state index in [-0.39, 0.29) is 0 Å². The van der Waals surface area contributed by atoms with Crippen molar-refractivity contribution in [3.05, 3.63) is 70.1 Å². The average Bonchev–Trinajstić information content (AvgIpc) is 3.09. The minimum atomic E-state index is 0.378. The third-order valence-electron chi connectivity index (χ3n) is 4.21. The van der Waals surface area contributed by atoms with Gasteiger partial charge in [-0.15, -0.1) is 5.10 Å². The fourth-order valence-electron chi connectivity index (χ4n) is 2.92. The van der Waals surface area contributed by atoms with E-state index in [1.54, 1.807) is 4.68 Å². The number of hydrogen-bond donors (Lipinski definition) is 1. The molecule has 2 aromatic heterocycles. The maximum atomic E-state index is 5.75. The molecule has 24 heavy (non-hydrogen) atoms. The lowest BCUT2D eigenvalue weighted by atomic mass is 10.1. The normalized spacial score (nSPS) is 11.2. The quantitative estimate of drug-likeness (QED) is 0.535. The lowest BCUT2D eigenvalue weighted by molar-refractivity contribution is 0.524. The van der Waals surface area contributed by atoms with E-state index < -0.39 is 0 Å². The number of aromatic nitrogens is 3. The number of nitrogens with one attached hydrogen (secondary N) is 1. The molecule has 1 N–H and O–H groups in total. The molecular formula is C19H17N3OS. The molecule has 0 aliphatic rings. The molecule has 0 saturated carbocycles. The first kappa shape index (κ1) is 14.9. The Morgan fingerprint density at radius 1 is 1.12 bits per heavy atom. The van der Waals surface area contributed by atoms with E-state index in [1.165, 1.54) is 10.9 Å². The summed E-state index contributed by atoms with van der Waals surface area (Å²) in [5, 5.41) is 5.75. The van der Waals surface area contributed by atoms with Gasteiger partial charge in [-0.1, -0.05) is 42.0 Å². The van der Waals surface area contributed by atoms with E-state index in [0.717, 1.165) is 22.3 Å². The van der Waals surface area contributed by atoms with Gasteiger partial charge in [0.25, 0.3) is 10.7 Å². The van der Waals surface area contributed by atoms with Gasteiger partial charge in [0.05, 0.1) is 6.54 Å². The standard InChI is InChI=1S/C19H17N3OS/c1-12-8-9-16-15(10-12)13(2)17(20-16)18-21-22(19(24)23-18)11-14-6-4-3-5-7-14/h3-10,20H,11H2,1-2H3. The lowest BCUT2D eigenvalue weighted by Crippen LogP contribution is -2.01. The van der Waals surface area contributed by atoms with Crippen molar-refractivity contribution in [3.63, 3.8) is 0 Å². The number of benzene rings is 2. The Balaban J connectivity index is 1.77. The van der Waals surface area contributed by atoms with Crippen molar-refractivity contribution < 1.29 is 4.42 Å². The van der Waals surface area contributed by atoms with Gasteiger partial charge in [-0.2, -0.15) is 0 Å². The second kappa shape index (κ2) is 5.76. The molecule has 0 aliphatic heterocycles. The first-order valence-corrected chi connectivity index (χ1v) is 8.24. The molecule has 0 unspecified atom stereocenters. The third kappa shape index (κ3) is 2.57. The van der Waals surface area contributed by atoms with Crippen molar-refractivity contribution in [2.45, 2.75) is 20.4 Å². The largest absolute Gasteiger partial charge is 0.408 e. The summed E-state index contributed by atoms with van der Waals surface area (Å²) >= 11 is 5.34. The summed E-state index contributed by atoms with van der Waals surface area (Å²) in [5.41, 5.74) is 5.45. The fraction of sp³-hybridized carbons (Fsp3) is 0.158. The minimum absolute atomic E-state index is 0.378. The van der Waals surface area contributed by atoms with Crippen LogP contribution in [0.2, 0.25) is 0 Å². The molecule has 0 amide bonds. The first-order valence-electron chi connectivity index (χ1n) is 7.83. The van der Waals surface area contributed by atoms with Crippen molar-refractivity contribution in [2.75, 3.05) is 0 Å². The van der Waals surface area contributed by atoms with Crippen molar-refractivity contribution in [3.8, 4) is 11.6 Å². The molecule has 4 nitrogen and oxygen atoms in total. The number of aryl methyl sites for hydroxylation is 2. The van der Waals surface area contributed by atoms with E-state index in [2.05, 4.69) is 42.1 Å². The van der Waals surface area contributed by atoms with Crippen LogP contribution in [-0.2, 0) is 6.54 Å². The summed E-state index contributed by atoms with van der Waals surface area (Å²) in [5.74, 6) is 0.530. The van der Waals surface area contributed by atoms with Crippen LogP contribution in [0.15, 0.2) is 52.9 Å². The van der Waals surface area contributed by atoms with E-state index in [1.807, 2.05) is 30.3 Å². The zero-order valence-corrected chi connectivity index (χ0v) is 14.4. The molecule has 0 aliphatic carbocycles. The Bertz CT molecular complexity index is 1070. The second-order valence-electron chi connectivity index (χ2n) is 5.99. The summed E-state index contributed by atoms with van der Waals surface area (Å²) in [4.78, 5) is 3.77. The molecule has 0 bridgehead atoms. The fourth-order valence-corrected chi connectivity index (χ4v) is 3.10. The van der Waals surface area contributed by atoms with E-state index >= 15 is 0 Å². The van der Waals surface area contributed by atoms with E-state index in [0.29, 0.717) is 17.3 Å². The number of nitrogens with zero attached hydrogens (tertiary/aromatic N) is 2.